The lowest BCUT2D eigenvalue weighted by Crippen LogP contribution is -2.44. The van der Waals surface area contributed by atoms with Crippen LogP contribution in [-0.2, 0) is 4.79 Å². The van der Waals surface area contributed by atoms with Crippen molar-refractivity contribution in [3.8, 4) is 0 Å². The molecule has 0 saturated heterocycles. The molecule has 0 aliphatic heterocycles. The zero-order valence-electron chi connectivity index (χ0n) is 12.1. The van der Waals surface area contributed by atoms with Crippen molar-refractivity contribution in [2.75, 3.05) is 0 Å². The first-order valence-corrected chi connectivity index (χ1v) is 7.04. The molecule has 1 saturated carbocycles. The van der Waals surface area contributed by atoms with Gasteiger partial charge < -0.3 is 5.73 Å². The van der Waals surface area contributed by atoms with Crippen LogP contribution in [0.1, 0.15) is 60.3 Å². The highest BCUT2D eigenvalue weighted by Gasteiger charge is 2.34. The third-order valence-corrected chi connectivity index (χ3v) is 4.05. The van der Waals surface area contributed by atoms with E-state index >= 15 is 0 Å². The maximum Gasteiger partial charge on any atom is 0.138 e. The molecule has 1 aliphatic rings. The Kier molecular flexibility index (Phi) is 4.77. The lowest BCUT2D eigenvalue weighted by atomic mass is 9.69. The third kappa shape index (κ3) is 4.42. The fraction of sp³-hybridized carbons (Fsp3) is 0.933. The van der Waals surface area contributed by atoms with Crippen LogP contribution >= 0.6 is 0 Å². The van der Waals surface area contributed by atoms with Gasteiger partial charge in [0, 0.05) is 17.4 Å². The Hall–Kier alpha value is -0.370. The second-order valence-electron chi connectivity index (χ2n) is 6.96. The van der Waals surface area contributed by atoms with Gasteiger partial charge in [0.2, 0.25) is 0 Å². The molecule has 0 aromatic carbocycles. The number of hydrogen-bond acceptors (Lipinski definition) is 2. The van der Waals surface area contributed by atoms with Crippen molar-refractivity contribution in [2.24, 2.45) is 29.4 Å². The molecule has 17 heavy (non-hydrogen) atoms. The second-order valence-corrected chi connectivity index (χ2v) is 6.96. The number of nitrogens with two attached hydrogens (primary N) is 1. The molecule has 2 heteroatoms. The van der Waals surface area contributed by atoms with E-state index < -0.39 is 0 Å². The van der Waals surface area contributed by atoms with E-state index in [9.17, 15) is 4.79 Å². The summed E-state index contributed by atoms with van der Waals surface area (Å²) in [6, 6.07) is 0. The molecule has 100 valence electrons. The summed E-state index contributed by atoms with van der Waals surface area (Å²) in [5.74, 6) is 2.09. The van der Waals surface area contributed by atoms with E-state index in [0.29, 0.717) is 17.6 Å². The number of rotatable bonds is 4. The molecule has 2 nitrogen and oxygen atoms in total. The third-order valence-electron chi connectivity index (χ3n) is 4.05. The van der Waals surface area contributed by atoms with Crippen molar-refractivity contribution >= 4 is 5.78 Å². The fourth-order valence-electron chi connectivity index (χ4n) is 3.64. The van der Waals surface area contributed by atoms with Crippen molar-refractivity contribution in [3.63, 3.8) is 0 Å². The first-order chi connectivity index (χ1) is 7.71. The van der Waals surface area contributed by atoms with Crippen molar-refractivity contribution < 1.29 is 4.79 Å². The summed E-state index contributed by atoms with van der Waals surface area (Å²) < 4.78 is 0. The van der Waals surface area contributed by atoms with Crippen molar-refractivity contribution in [2.45, 2.75) is 65.8 Å². The standard InChI is InChI=1S/C15H29NO/c1-10(2)14(17)12(4)7-13-6-11(3)8-15(5,16)9-13/h10-13H,6-9,16H2,1-5H3. The van der Waals surface area contributed by atoms with Gasteiger partial charge in [-0.25, -0.2) is 0 Å². The molecule has 0 aromatic rings. The quantitative estimate of drug-likeness (QED) is 0.817. The topological polar surface area (TPSA) is 43.1 Å². The Bertz CT molecular complexity index is 270. The van der Waals surface area contributed by atoms with E-state index in [1.54, 1.807) is 0 Å². The smallest absolute Gasteiger partial charge is 0.138 e. The Labute approximate surface area is 106 Å². The van der Waals surface area contributed by atoms with Gasteiger partial charge in [-0.15, -0.1) is 0 Å². The maximum absolute atomic E-state index is 11.9. The minimum Gasteiger partial charge on any atom is -0.325 e. The van der Waals surface area contributed by atoms with Crippen LogP contribution in [0.5, 0.6) is 0 Å². The highest BCUT2D eigenvalue weighted by atomic mass is 16.1. The molecular weight excluding hydrogens is 210 g/mol. The van der Waals surface area contributed by atoms with E-state index in [-0.39, 0.29) is 17.4 Å². The second kappa shape index (κ2) is 5.51. The lowest BCUT2D eigenvalue weighted by Gasteiger charge is -2.39. The van der Waals surface area contributed by atoms with Gasteiger partial charge in [-0.05, 0) is 44.4 Å². The van der Waals surface area contributed by atoms with Gasteiger partial charge in [0.25, 0.3) is 0 Å². The SMILES string of the molecule is CC1CC(CC(C)C(=O)C(C)C)CC(C)(N)C1. The summed E-state index contributed by atoms with van der Waals surface area (Å²) in [5.41, 5.74) is 6.26. The van der Waals surface area contributed by atoms with Gasteiger partial charge in [-0.2, -0.15) is 0 Å². The van der Waals surface area contributed by atoms with E-state index in [0.717, 1.165) is 19.3 Å². The predicted molar refractivity (Wildman–Crippen MR) is 72.7 cm³/mol. The first-order valence-electron chi connectivity index (χ1n) is 7.04. The van der Waals surface area contributed by atoms with E-state index in [1.165, 1.54) is 6.42 Å². The Morgan fingerprint density at radius 1 is 1.35 bits per heavy atom. The van der Waals surface area contributed by atoms with Crippen LogP contribution in [0, 0.1) is 23.7 Å². The maximum atomic E-state index is 11.9. The van der Waals surface area contributed by atoms with E-state index in [2.05, 4.69) is 20.8 Å². The monoisotopic (exact) mass is 239 g/mol. The van der Waals surface area contributed by atoms with Gasteiger partial charge in [-0.3, -0.25) is 4.79 Å². The minimum absolute atomic E-state index is 0.0249. The van der Waals surface area contributed by atoms with Crippen molar-refractivity contribution in [1.82, 2.24) is 0 Å². The van der Waals surface area contributed by atoms with Crippen LogP contribution in [0.2, 0.25) is 0 Å². The van der Waals surface area contributed by atoms with E-state index in [1.807, 2.05) is 13.8 Å². The predicted octanol–water partition coefficient (Wildman–Crippen LogP) is 3.39. The number of carbonyl (C=O) groups excluding carboxylic acids is 1. The van der Waals surface area contributed by atoms with Crippen LogP contribution in [0.25, 0.3) is 0 Å². The van der Waals surface area contributed by atoms with Gasteiger partial charge in [0.15, 0.2) is 0 Å². The van der Waals surface area contributed by atoms with Gasteiger partial charge in [0.05, 0.1) is 0 Å². The number of hydrogen-bond donors (Lipinski definition) is 1. The van der Waals surface area contributed by atoms with Crippen LogP contribution in [0.4, 0.5) is 0 Å². The Balaban J connectivity index is 2.54. The minimum atomic E-state index is -0.0249. The Morgan fingerprint density at radius 2 is 1.94 bits per heavy atom. The molecule has 4 unspecified atom stereocenters. The summed E-state index contributed by atoms with van der Waals surface area (Å²) in [4.78, 5) is 11.9. The van der Waals surface area contributed by atoms with Crippen LogP contribution in [0.3, 0.4) is 0 Å². The van der Waals surface area contributed by atoms with Crippen molar-refractivity contribution in [3.05, 3.63) is 0 Å². The normalized spacial score (nSPS) is 35.9. The lowest BCUT2D eigenvalue weighted by molar-refractivity contribution is -0.126. The molecule has 0 heterocycles. The first kappa shape index (κ1) is 14.7. The van der Waals surface area contributed by atoms with E-state index in [4.69, 9.17) is 5.73 Å². The Morgan fingerprint density at radius 3 is 2.41 bits per heavy atom. The average molecular weight is 239 g/mol. The molecule has 1 fully saturated rings. The highest BCUT2D eigenvalue weighted by molar-refractivity contribution is 5.82. The molecule has 1 rings (SSSR count). The zero-order chi connectivity index (χ0) is 13.2. The molecular formula is C15H29NO. The largest absolute Gasteiger partial charge is 0.325 e. The molecule has 2 N–H and O–H groups in total. The highest BCUT2D eigenvalue weighted by Crippen LogP contribution is 2.37. The molecule has 0 aromatic heterocycles. The van der Waals surface area contributed by atoms with Gasteiger partial charge in [-0.1, -0.05) is 27.7 Å². The molecule has 0 amide bonds. The van der Waals surface area contributed by atoms with Gasteiger partial charge in [0.1, 0.15) is 5.78 Å². The summed E-state index contributed by atoms with van der Waals surface area (Å²) in [6.07, 6.45) is 4.46. The molecule has 0 radical (unpaired) electrons. The number of Topliss-reactive ketones (excluding diaryl/α,β-unsaturated/α-hetero) is 1. The average Bonchev–Trinajstić information content (AvgIpc) is 2.12. The molecule has 0 bridgehead atoms. The van der Waals surface area contributed by atoms with Crippen molar-refractivity contribution in [1.29, 1.82) is 0 Å². The summed E-state index contributed by atoms with van der Waals surface area (Å²) in [5, 5.41) is 0. The fourth-order valence-corrected chi connectivity index (χ4v) is 3.64. The zero-order valence-corrected chi connectivity index (χ0v) is 12.1. The van der Waals surface area contributed by atoms with Crippen LogP contribution in [0.15, 0.2) is 0 Å². The molecule has 4 atom stereocenters. The molecule has 0 spiro atoms. The van der Waals surface area contributed by atoms with Crippen LogP contribution < -0.4 is 5.73 Å². The number of ketones is 1. The summed E-state index contributed by atoms with van der Waals surface area (Å²) in [6.45, 7) is 10.5. The molecule has 1 aliphatic carbocycles. The summed E-state index contributed by atoms with van der Waals surface area (Å²) >= 11 is 0. The van der Waals surface area contributed by atoms with Crippen LogP contribution in [-0.4, -0.2) is 11.3 Å². The number of carbonyl (C=O) groups is 1. The summed E-state index contributed by atoms with van der Waals surface area (Å²) in [7, 11) is 0. The van der Waals surface area contributed by atoms with Gasteiger partial charge >= 0.3 is 0 Å².